The third-order valence-corrected chi connectivity index (χ3v) is 6.49. The van der Waals surface area contributed by atoms with Gasteiger partial charge in [-0.15, -0.1) is 0 Å². The second-order valence-electron chi connectivity index (χ2n) is 9.10. The van der Waals surface area contributed by atoms with E-state index in [1.165, 1.54) is 16.8 Å². The fourth-order valence-electron chi connectivity index (χ4n) is 5.24. The number of carbonyl (C=O) groups excluding carboxylic acids is 2. The Kier molecular flexibility index (Phi) is 5.52. The predicted octanol–water partition coefficient (Wildman–Crippen LogP) is 2.05. The van der Waals surface area contributed by atoms with Gasteiger partial charge in [-0.3, -0.25) is 19.3 Å². The van der Waals surface area contributed by atoms with Gasteiger partial charge >= 0.3 is 0 Å². The quantitative estimate of drug-likeness (QED) is 0.728. The SMILES string of the molecule is CC(C)N1[C@@H](C)CN2C(=O)c3c(O)c(=O)c(C(=O)NCc4ccc(F)cc4F)cn3CC21C. The van der Waals surface area contributed by atoms with E-state index in [1.54, 1.807) is 4.90 Å². The molecule has 2 aliphatic heterocycles. The van der Waals surface area contributed by atoms with Crippen LogP contribution in [0.25, 0.3) is 0 Å². The molecule has 0 spiro atoms. The van der Waals surface area contributed by atoms with Gasteiger partial charge in [-0.2, -0.15) is 0 Å². The van der Waals surface area contributed by atoms with Crippen LogP contribution < -0.4 is 10.7 Å². The molecule has 2 amide bonds. The number of pyridine rings is 1. The van der Waals surface area contributed by atoms with Crippen molar-refractivity contribution in [3.63, 3.8) is 0 Å². The Hall–Kier alpha value is -3.27. The predicted molar refractivity (Wildman–Crippen MR) is 116 cm³/mol. The first kappa shape index (κ1) is 22.9. The third-order valence-electron chi connectivity index (χ3n) is 6.49. The van der Waals surface area contributed by atoms with E-state index < -0.39 is 40.3 Å². The Balaban J connectivity index is 1.68. The van der Waals surface area contributed by atoms with Gasteiger partial charge in [0.25, 0.3) is 11.8 Å². The van der Waals surface area contributed by atoms with Gasteiger partial charge in [-0.25, -0.2) is 8.78 Å². The number of hydrogen-bond donors (Lipinski definition) is 2. The Morgan fingerprint density at radius 2 is 2.00 bits per heavy atom. The number of hydrogen-bond acceptors (Lipinski definition) is 5. The van der Waals surface area contributed by atoms with Crippen molar-refractivity contribution in [1.82, 2.24) is 19.7 Å². The summed E-state index contributed by atoms with van der Waals surface area (Å²) in [7, 11) is 0. The zero-order valence-corrected chi connectivity index (χ0v) is 18.9. The van der Waals surface area contributed by atoms with Crippen molar-refractivity contribution in [2.75, 3.05) is 6.54 Å². The molecule has 10 heteroatoms. The number of carbonyl (C=O) groups is 2. The van der Waals surface area contributed by atoms with Gasteiger partial charge in [0.05, 0.1) is 6.54 Å². The van der Waals surface area contributed by atoms with Gasteiger partial charge in [0.15, 0.2) is 11.4 Å². The number of halogens is 2. The van der Waals surface area contributed by atoms with E-state index in [2.05, 4.69) is 10.2 Å². The summed E-state index contributed by atoms with van der Waals surface area (Å²) < 4.78 is 28.4. The lowest BCUT2D eigenvalue weighted by Crippen LogP contribution is -2.61. The molecule has 1 aromatic heterocycles. The van der Waals surface area contributed by atoms with E-state index in [4.69, 9.17) is 0 Å². The number of benzene rings is 1. The van der Waals surface area contributed by atoms with Crippen molar-refractivity contribution in [2.24, 2.45) is 0 Å². The molecule has 1 unspecified atom stereocenters. The van der Waals surface area contributed by atoms with Crippen LogP contribution in [0.15, 0.2) is 29.2 Å². The number of nitrogens with zero attached hydrogens (tertiary/aromatic N) is 3. The maximum absolute atomic E-state index is 13.9. The van der Waals surface area contributed by atoms with Crippen LogP contribution in [0.5, 0.6) is 5.75 Å². The topological polar surface area (TPSA) is 94.9 Å². The lowest BCUT2D eigenvalue weighted by atomic mass is 10.0. The summed E-state index contributed by atoms with van der Waals surface area (Å²) in [6, 6.07) is 3.15. The lowest BCUT2D eigenvalue weighted by molar-refractivity contribution is -0.0175. The van der Waals surface area contributed by atoms with Gasteiger partial charge in [0, 0.05) is 43.0 Å². The summed E-state index contributed by atoms with van der Waals surface area (Å²) in [5.41, 5.74) is -2.17. The normalized spacial score (nSPS) is 22.5. The van der Waals surface area contributed by atoms with Gasteiger partial charge in [-0.1, -0.05) is 6.07 Å². The molecule has 3 heterocycles. The van der Waals surface area contributed by atoms with Crippen molar-refractivity contribution in [3.8, 4) is 5.75 Å². The van der Waals surface area contributed by atoms with Gasteiger partial charge in [0.2, 0.25) is 5.43 Å². The van der Waals surface area contributed by atoms with Crippen molar-refractivity contribution < 1.29 is 23.5 Å². The Labute approximate surface area is 189 Å². The Morgan fingerprint density at radius 3 is 2.64 bits per heavy atom. The molecule has 1 aromatic carbocycles. The molecule has 0 aliphatic carbocycles. The van der Waals surface area contributed by atoms with Crippen LogP contribution in [-0.4, -0.2) is 55.6 Å². The number of rotatable bonds is 4. The number of aromatic hydroxyl groups is 1. The van der Waals surface area contributed by atoms with Crippen molar-refractivity contribution in [3.05, 3.63) is 63.1 Å². The van der Waals surface area contributed by atoms with Crippen LogP contribution in [0, 0.1) is 11.6 Å². The molecular weight excluding hydrogens is 434 g/mol. The Bertz CT molecular complexity index is 1210. The van der Waals surface area contributed by atoms with E-state index in [9.17, 15) is 28.3 Å². The van der Waals surface area contributed by atoms with Gasteiger partial charge in [0.1, 0.15) is 22.9 Å². The highest BCUT2D eigenvalue weighted by atomic mass is 19.1. The van der Waals surface area contributed by atoms with E-state index in [1.807, 2.05) is 27.7 Å². The molecule has 0 bridgehead atoms. The number of aromatic nitrogens is 1. The van der Waals surface area contributed by atoms with Crippen LogP contribution in [0.1, 0.15) is 54.1 Å². The van der Waals surface area contributed by atoms with E-state index >= 15 is 0 Å². The summed E-state index contributed by atoms with van der Waals surface area (Å²) in [6.07, 6.45) is 1.26. The van der Waals surface area contributed by atoms with Crippen LogP contribution in [0.3, 0.4) is 0 Å². The molecule has 8 nitrogen and oxygen atoms in total. The zero-order chi connectivity index (χ0) is 24.2. The first-order chi connectivity index (χ1) is 15.5. The van der Waals surface area contributed by atoms with Crippen LogP contribution in [0.2, 0.25) is 0 Å². The van der Waals surface area contributed by atoms with Crippen LogP contribution in [-0.2, 0) is 13.1 Å². The number of fused-ring (bicyclic) bond motifs is 2. The van der Waals surface area contributed by atoms with Gasteiger partial charge < -0.3 is 19.9 Å². The van der Waals surface area contributed by atoms with Crippen molar-refractivity contribution in [2.45, 2.75) is 58.5 Å². The van der Waals surface area contributed by atoms with Gasteiger partial charge in [-0.05, 0) is 33.8 Å². The first-order valence-corrected chi connectivity index (χ1v) is 10.7. The molecular formula is C23H26F2N4O4. The highest BCUT2D eigenvalue weighted by Crippen LogP contribution is 2.39. The minimum absolute atomic E-state index is 0.0397. The van der Waals surface area contributed by atoms with E-state index in [-0.39, 0.29) is 42.0 Å². The highest BCUT2D eigenvalue weighted by molar-refractivity contribution is 5.99. The summed E-state index contributed by atoms with van der Waals surface area (Å²) in [5, 5.41) is 13.0. The molecule has 176 valence electrons. The highest BCUT2D eigenvalue weighted by Gasteiger charge is 2.54. The second kappa shape index (κ2) is 7.95. The fraction of sp³-hybridized carbons (Fsp3) is 0.435. The smallest absolute Gasteiger partial charge is 0.276 e. The molecule has 4 rings (SSSR count). The minimum Gasteiger partial charge on any atom is -0.503 e. The Morgan fingerprint density at radius 1 is 1.30 bits per heavy atom. The molecule has 0 radical (unpaired) electrons. The maximum Gasteiger partial charge on any atom is 0.276 e. The number of amides is 2. The average molecular weight is 460 g/mol. The fourth-order valence-corrected chi connectivity index (χ4v) is 5.24. The first-order valence-electron chi connectivity index (χ1n) is 10.7. The van der Waals surface area contributed by atoms with Crippen molar-refractivity contribution in [1.29, 1.82) is 0 Å². The summed E-state index contributed by atoms with van der Waals surface area (Å²) in [4.78, 5) is 42.6. The largest absolute Gasteiger partial charge is 0.503 e. The van der Waals surface area contributed by atoms with E-state index in [0.717, 1.165) is 6.07 Å². The molecule has 2 aliphatic rings. The monoisotopic (exact) mass is 460 g/mol. The number of nitrogens with one attached hydrogen (secondary N) is 1. The molecule has 33 heavy (non-hydrogen) atoms. The molecule has 0 saturated carbocycles. The van der Waals surface area contributed by atoms with Crippen LogP contribution in [0.4, 0.5) is 8.78 Å². The zero-order valence-electron chi connectivity index (χ0n) is 18.9. The third kappa shape index (κ3) is 3.58. The maximum atomic E-state index is 13.9. The molecule has 2 atom stereocenters. The lowest BCUT2D eigenvalue weighted by Gasteiger charge is -2.47. The standard InChI is InChI=1S/C23H26F2N4O4/c1-12(2)29-13(3)9-28-22(33)18-20(31)19(30)16(10-27(18)11-23(28,29)4)21(32)26-8-14-5-6-15(24)7-17(14)25/h5-7,10,12-13,31H,8-9,11H2,1-4H3,(H,26,32)/t13-,23?/m0/s1. The minimum atomic E-state index is -0.983. The molecule has 1 fully saturated rings. The van der Waals surface area contributed by atoms with E-state index in [0.29, 0.717) is 12.6 Å². The summed E-state index contributed by atoms with van der Waals surface area (Å²) in [6.45, 7) is 8.41. The average Bonchev–Trinajstić information content (AvgIpc) is 3.00. The molecule has 1 saturated heterocycles. The molecule has 2 aromatic rings. The summed E-state index contributed by atoms with van der Waals surface area (Å²) in [5.74, 6) is -3.69. The summed E-state index contributed by atoms with van der Waals surface area (Å²) >= 11 is 0. The second-order valence-corrected chi connectivity index (χ2v) is 9.10. The molecule has 2 N–H and O–H groups in total. The van der Waals surface area contributed by atoms with Crippen molar-refractivity contribution >= 4 is 11.8 Å². The van der Waals surface area contributed by atoms with Crippen LogP contribution >= 0.6 is 0 Å².